The number of anilines is 1. The molecule has 8 heteroatoms. The zero-order valence-electron chi connectivity index (χ0n) is 7.83. The van der Waals surface area contributed by atoms with E-state index in [0.717, 1.165) is 5.01 Å². The van der Waals surface area contributed by atoms with Gasteiger partial charge >= 0.3 is 0 Å². The van der Waals surface area contributed by atoms with Gasteiger partial charge in [-0.2, -0.15) is 0 Å². The highest BCUT2D eigenvalue weighted by molar-refractivity contribution is 6.69. The Morgan fingerprint density at radius 2 is 2.33 bits per heavy atom. The summed E-state index contributed by atoms with van der Waals surface area (Å²) in [6, 6.07) is 0. The number of nitroso groups, excluding NO2 is 1. The fourth-order valence-corrected chi connectivity index (χ4v) is 0.971. The Balaban J connectivity index is 2.94. The van der Waals surface area contributed by atoms with Crippen LogP contribution in [0.25, 0.3) is 0 Å². The summed E-state index contributed by atoms with van der Waals surface area (Å²) in [6.45, 7) is 2.14. The van der Waals surface area contributed by atoms with Gasteiger partial charge in [0.05, 0.1) is 17.7 Å². The van der Waals surface area contributed by atoms with E-state index in [2.05, 4.69) is 20.4 Å². The maximum absolute atomic E-state index is 10.3. The van der Waals surface area contributed by atoms with Gasteiger partial charge < -0.3 is 5.21 Å². The third-order valence-corrected chi connectivity index (χ3v) is 1.87. The highest BCUT2D eigenvalue weighted by Gasteiger charge is 2.08. The third kappa shape index (κ3) is 2.59. The van der Waals surface area contributed by atoms with Crippen molar-refractivity contribution in [1.82, 2.24) is 9.97 Å². The molecule has 1 aromatic heterocycles. The van der Waals surface area contributed by atoms with Crippen LogP contribution in [-0.2, 0) is 0 Å². The standard InChI is InChI=1S/C7H8ClN5O2/c1-2-13(12-15)6-4-9-5(3-10-6)7(8)11-14/h3-4,14H,2H2,1H3. The van der Waals surface area contributed by atoms with Gasteiger partial charge in [0.15, 0.2) is 11.0 Å². The van der Waals surface area contributed by atoms with E-state index < -0.39 is 0 Å². The molecule has 0 aromatic carbocycles. The van der Waals surface area contributed by atoms with Crippen molar-refractivity contribution in [3.05, 3.63) is 23.0 Å². The number of hydrogen-bond donors (Lipinski definition) is 1. The van der Waals surface area contributed by atoms with Crippen molar-refractivity contribution in [1.29, 1.82) is 0 Å². The Labute approximate surface area is 90.3 Å². The summed E-state index contributed by atoms with van der Waals surface area (Å²) in [6.07, 6.45) is 2.60. The van der Waals surface area contributed by atoms with Crippen molar-refractivity contribution in [2.45, 2.75) is 6.92 Å². The summed E-state index contributed by atoms with van der Waals surface area (Å²) in [7, 11) is 0. The summed E-state index contributed by atoms with van der Waals surface area (Å²) < 4.78 is 0. The molecule has 0 radical (unpaired) electrons. The normalized spacial score (nSPS) is 11.2. The number of hydrogen-bond acceptors (Lipinski definition) is 6. The number of halogens is 1. The molecular formula is C7H8ClN5O2. The molecule has 0 aliphatic carbocycles. The highest BCUT2D eigenvalue weighted by Crippen LogP contribution is 2.09. The van der Waals surface area contributed by atoms with Gasteiger partial charge in [0, 0.05) is 6.54 Å². The molecule has 1 N–H and O–H groups in total. The van der Waals surface area contributed by atoms with Crippen LogP contribution >= 0.6 is 11.6 Å². The Bertz CT molecular complexity index is 366. The molecule has 0 saturated heterocycles. The first kappa shape index (κ1) is 11.3. The predicted octanol–water partition coefficient (Wildman–Crippen LogP) is 1.36. The lowest BCUT2D eigenvalue weighted by Gasteiger charge is -2.10. The van der Waals surface area contributed by atoms with Crippen LogP contribution in [-0.4, -0.2) is 26.9 Å². The number of aromatic nitrogens is 2. The average Bonchev–Trinajstić information content (AvgIpc) is 2.30. The summed E-state index contributed by atoms with van der Waals surface area (Å²) in [5.41, 5.74) is 0.213. The van der Waals surface area contributed by atoms with Crippen LogP contribution in [0.4, 0.5) is 5.82 Å². The Morgan fingerprint density at radius 1 is 1.60 bits per heavy atom. The first-order valence-electron chi connectivity index (χ1n) is 4.03. The van der Waals surface area contributed by atoms with Crippen LogP contribution < -0.4 is 5.01 Å². The molecule has 0 bridgehead atoms. The molecule has 1 heterocycles. The molecule has 1 aromatic rings. The second-order valence-corrected chi connectivity index (χ2v) is 2.81. The minimum atomic E-state index is -0.170. The number of nitrogens with zero attached hydrogens (tertiary/aromatic N) is 5. The number of oxime groups is 1. The van der Waals surface area contributed by atoms with Gasteiger partial charge in [0.1, 0.15) is 5.69 Å². The quantitative estimate of drug-likeness (QED) is 0.364. The molecule has 15 heavy (non-hydrogen) atoms. The average molecular weight is 230 g/mol. The maximum Gasteiger partial charge on any atom is 0.195 e. The maximum atomic E-state index is 10.3. The molecule has 7 nitrogen and oxygen atoms in total. The second-order valence-electron chi connectivity index (χ2n) is 2.45. The van der Waals surface area contributed by atoms with E-state index in [9.17, 15) is 4.91 Å². The van der Waals surface area contributed by atoms with Gasteiger partial charge in [-0.05, 0) is 6.92 Å². The topological polar surface area (TPSA) is 91.0 Å². The smallest absolute Gasteiger partial charge is 0.195 e. The molecule has 0 aliphatic rings. The lowest BCUT2D eigenvalue weighted by Crippen LogP contribution is -2.16. The van der Waals surface area contributed by atoms with Gasteiger partial charge in [-0.3, -0.25) is 0 Å². The molecule has 0 atom stereocenters. The highest BCUT2D eigenvalue weighted by atomic mass is 35.5. The Kier molecular flexibility index (Phi) is 3.92. The monoisotopic (exact) mass is 229 g/mol. The fourth-order valence-electron chi connectivity index (χ4n) is 0.874. The van der Waals surface area contributed by atoms with E-state index >= 15 is 0 Å². The lowest BCUT2D eigenvalue weighted by molar-refractivity contribution is 0.320. The predicted molar refractivity (Wildman–Crippen MR) is 55.0 cm³/mol. The van der Waals surface area contributed by atoms with E-state index in [-0.39, 0.29) is 10.9 Å². The fraction of sp³-hybridized carbons (Fsp3) is 0.286. The van der Waals surface area contributed by atoms with Gasteiger partial charge in [-0.25, -0.2) is 15.0 Å². The summed E-state index contributed by atoms with van der Waals surface area (Å²) in [5.74, 6) is 0.304. The van der Waals surface area contributed by atoms with E-state index in [1.807, 2.05) is 0 Å². The Hall–Kier alpha value is -1.76. The van der Waals surface area contributed by atoms with Crippen molar-refractivity contribution in [3.8, 4) is 0 Å². The first-order valence-corrected chi connectivity index (χ1v) is 4.41. The van der Waals surface area contributed by atoms with Crippen LogP contribution in [0.5, 0.6) is 0 Å². The minimum Gasteiger partial charge on any atom is -0.410 e. The molecule has 0 fully saturated rings. The molecule has 1 rings (SSSR count). The molecule has 0 amide bonds. The zero-order chi connectivity index (χ0) is 11.3. The van der Waals surface area contributed by atoms with E-state index in [4.69, 9.17) is 16.8 Å². The summed E-state index contributed by atoms with van der Waals surface area (Å²) in [5, 5.41) is 14.8. The van der Waals surface area contributed by atoms with Crippen molar-refractivity contribution < 1.29 is 5.21 Å². The molecule has 0 spiro atoms. The first-order chi connectivity index (χ1) is 7.22. The van der Waals surface area contributed by atoms with E-state index in [1.54, 1.807) is 6.92 Å². The summed E-state index contributed by atoms with van der Waals surface area (Å²) >= 11 is 5.49. The molecule has 80 valence electrons. The molecule has 0 unspecified atom stereocenters. The van der Waals surface area contributed by atoms with Crippen LogP contribution in [0.1, 0.15) is 12.6 Å². The van der Waals surface area contributed by atoms with Crippen LogP contribution in [0.15, 0.2) is 22.8 Å². The minimum absolute atomic E-state index is 0.170. The SMILES string of the molecule is CCN(N=O)c1cnc(C(Cl)=NO)cn1. The van der Waals surface area contributed by atoms with Crippen LogP contribution in [0, 0.1) is 4.91 Å². The van der Waals surface area contributed by atoms with Crippen LogP contribution in [0.3, 0.4) is 0 Å². The van der Waals surface area contributed by atoms with Crippen LogP contribution in [0.2, 0.25) is 0 Å². The molecular weight excluding hydrogens is 222 g/mol. The second kappa shape index (κ2) is 5.20. The molecule has 0 aliphatic heterocycles. The van der Waals surface area contributed by atoms with E-state index in [0.29, 0.717) is 12.4 Å². The van der Waals surface area contributed by atoms with Crippen molar-refractivity contribution in [3.63, 3.8) is 0 Å². The largest absolute Gasteiger partial charge is 0.410 e. The molecule has 0 saturated carbocycles. The van der Waals surface area contributed by atoms with E-state index in [1.165, 1.54) is 12.4 Å². The Morgan fingerprint density at radius 3 is 2.73 bits per heavy atom. The van der Waals surface area contributed by atoms with Gasteiger partial charge in [0.25, 0.3) is 0 Å². The van der Waals surface area contributed by atoms with Gasteiger partial charge in [0.2, 0.25) is 0 Å². The number of rotatable bonds is 4. The lowest BCUT2D eigenvalue weighted by atomic mass is 10.5. The zero-order valence-corrected chi connectivity index (χ0v) is 8.59. The van der Waals surface area contributed by atoms with Gasteiger partial charge in [-0.15, -0.1) is 4.91 Å². The van der Waals surface area contributed by atoms with Crippen molar-refractivity contribution in [2.75, 3.05) is 11.6 Å². The van der Waals surface area contributed by atoms with Gasteiger partial charge in [-0.1, -0.05) is 16.8 Å². The van der Waals surface area contributed by atoms with Crippen molar-refractivity contribution in [2.24, 2.45) is 10.4 Å². The third-order valence-electron chi connectivity index (χ3n) is 1.60. The van der Waals surface area contributed by atoms with Crippen molar-refractivity contribution >= 4 is 22.6 Å². The summed E-state index contributed by atoms with van der Waals surface area (Å²) in [4.78, 5) is 18.1.